The van der Waals surface area contributed by atoms with Gasteiger partial charge >= 0.3 is 71.6 Å². The Morgan fingerprint density at radius 3 is 0.791 bits per heavy atom. The van der Waals surface area contributed by atoms with Crippen molar-refractivity contribution < 1.29 is 114 Å². The van der Waals surface area contributed by atoms with E-state index in [2.05, 4.69) is 79.3 Å². The number of rotatable bonds is 32. The topological polar surface area (TPSA) is 316 Å². The van der Waals surface area contributed by atoms with Gasteiger partial charge in [-0.3, -0.25) is 38.4 Å². The molecule has 0 amide bonds. The van der Waals surface area contributed by atoms with Crippen LogP contribution in [0.2, 0.25) is 0 Å². The second-order valence-corrected chi connectivity index (χ2v) is 38.2. The smallest absolute Gasteiger partial charge is 0.339 e. The molecule has 8 aromatic carbocycles. The standard InChI is InChI=1S/C63H64O12.C61H60O12/c1-4-7-8-9-42-70-58(65)50-20-24-52(25-21-50)61(68)74-56-34-30-54(31-35-56)62(69)75-63(39-36-47-18-16-46(17-19-47)15-14-45-12-10-44(5-2)11-13-45)40-37-49(38-41-63)48-28-32-55(33-29-48)73-60(67)53-26-22-51(23-27-53)59(66)72-43-71-57(64)6-3;1-4-7-40-68-56(63)48-18-22-50(23-19-48)59(66)72-54-32-28-52(29-33-54)60(67)73-61(37-34-45-16-14-44(15-17-45)13-12-43-10-8-42(5-2)9-11-43)38-35-47(36-39-61)46-26-30-53(31-27-46)71-58(65)51-24-20-49(21-25-51)57(64)70-41-69-55(62)6-3/h2,6,10-13,16-19,28-35,49-53H,3-4,7-9,20-27,37-38,40-43H2,1H3;2,6,8-11,14-17,26-33,47-51H,3-4,7,18-25,35-36,38-41H2,1H3. The molecule has 24 nitrogen and oxygen atoms in total. The van der Waals surface area contributed by atoms with Gasteiger partial charge in [0.1, 0.15) is 23.0 Å². The summed E-state index contributed by atoms with van der Waals surface area (Å²) in [6, 6.07) is 57.7. The van der Waals surface area contributed by atoms with Gasteiger partial charge in [0.2, 0.25) is 13.6 Å². The molecule has 0 radical (unpaired) electrons. The van der Waals surface area contributed by atoms with Crippen molar-refractivity contribution in [1.82, 2.24) is 0 Å². The van der Waals surface area contributed by atoms with E-state index in [1.165, 1.54) is 0 Å². The SMILES string of the molecule is C#Cc1ccc(C#Cc2ccc(C#CC3(OC(=O)c4ccc(OC(=O)C5CCC(C(=O)OCCCC)CC5)cc4)CCC(c4ccc(OC(=O)C5CCC(C(=O)OCOC(=O)C=C)CC5)cc4)CC3)cc2)cc1.C#Cc1ccc(C#Cc2ccc(C#CC3(OC(=O)c4ccc(OC(=O)C5CCC(C(=O)OCCCCCC)CC5)cc4)CCC(c4ccc(OC(=O)C5CCC(C(=O)OCOC(=O)C=C)CC5)cc4)CC3)cc2)cc1. The molecular weight excluding hydrogens is 1870 g/mol. The quantitative estimate of drug-likeness (QED) is 0.00719. The monoisotopic (exact) mass is 2000 g/mol. The highest BCUT2D eigenvalue weighted by atomic mass is 16.7. The van der Waals surface area contributed by atoms with E-state index in [0.717, 1.165) is 106 Å². The molecule has 0 aromatic heterocycles. The van der Waals surface area contributed by atoms with Crippen molar-refractivity contribution in [1.29, 1.82) is 0 Å². The van der Waals surface area contributed by atoms with E-state index in [9.17, 15) is 57.5 Å². The molecule has 6 aliphatic rings. The van der Waals surface area contributed by atoms with Crippen molar-refractivity contribution in [2.24, 2.45) is 47.3 Å². The molecule has 0 saturated heterocycles. The van der Waals surface area contributed by atoms with E-state index in [0.29, 0.717) is 190 Å². The van der Waals surface area contributed by atoms with Gasteiger partial charge in [0.05, 0.1) is 71.7 Å². The van der Waals surface area contributed by atoms with Crippen molar-refractivity contribution in [3.05, 3.63) is 286 Å². The summed E-state index contributed by atoms with van der Waals surface area (Å²) in [4.78, 5) is 153. The number of ether oxygens (including phenoxy) is 12. The van der Waals surface area contributed by atoms with E-state index in [1.807, 2.05) is 128 Å². The van der Waals surface area contributed by atoms with Gasteiger partial charge in [-0.15, -0.1) is 12.8 Å². The van der Waals surface area contributed by atoms with Crippen molar-refractivity contribution in [2.45, 2.75) is 230 Å². The number of terminal acetylenes is 2. The Hall–Kier alpha value is -15.8. The minimum atomic E-state index is -1.11. The molecule has 6 fully saturated rings. The molecule has 0 heterocycles. The second-order valence-electron chi connectivity index (χ2n) is 38.2. The molecule has 0 aliphatic heterocycles. The summed E-state index contributed by atoms with van der Waals surface area (Å²) in [6.07, 6.45) is 31.5. The number of esters is 12. The normalized spacial score (nSPS) is 21.0. The lowest BCUT2D eigenvalue weighted by molar-refractivity contribution is -0.170. The van der Waals surface area contributed by atoms with Gasteiger partial charge < -0.3 is 56.8 Å². The van der Waals surface area contributed by atoms with E-state index in [-0.39, 0.29) is 106 Å². The lowest BCUT2D eigenvalue weighted by Crippen LogP contribution is -2.37. The molecule has 0 unspecified atom stereocenters. The van der Waals surface area contributed by atoms with Gasteiger partial charge in [-0.05, 0) is 372 Å². The zero-order valence-electron chi connectivity index (χ0n) is 83.8. The average molecular weight is 2000 g/mol. The largest absolute Gasteiger partial charge is 0.465 e. The predicted octanol–water partition coefficient (Wildman–Crippen LogP) is 21.5. The molecule has 148 heavy (non-hydrogen) atoms. The van der Waals surface area contributed by atoms with Crippen LogP contribution in [0.15, 0.2) is 219 Å². The number of benzene rings is 8. The first-order chi connectivity index (χ1) is 71.8. The van der Waals surface area contributed by atoms with Gasteiger partial charge in [0.25, 0.3) is 0 Å². The van der Waals surface area contributed by atoms with Crippen LogP contribution in [0.1, 0.15) is 295 Å². The fourth-order valence-electron chi connectivity index (χ4n) is 18.9. The van der Waals surface area contributed by atoms with Crippen LogP contribution in [0.4, 0.5) is 0 Å². The number of unbranched alkanes of at least 4 members (excludes halogenated alkanes) is 4. The minimum Gasteiger partial charge on any atom is -0.465 e. The summed E-state index contributed by atoms with van der Waals surface area (Å²) < 4.78 is 66.1. The second kappa shape index (κ2) is 55.5. The van der Waals surface area contributed by atoms with E-state index >= 15 is 0 Å². The van der Waals surface area contributed by atoms with Crippen molar-refractivity contribution >= 4 is 71.6 Å². The van der Waals surface area contributed by atoms with Gasteiger partial charge in [-0.2, -0.15) is 0 Å². The average Bonchev–Trinajstić information content (AvgIpc) is 0.801. The molecule has 14 rings (SSSR count). The third-order valence-corrected chi connectivity index (χ3v) is 28.1. The summed E-state index contributed by atoms with van der Waals surface area (Å²) in [6.45, 7) is 10.7. The van der Waals surface area contributed by atoms with Crippen LogP contribution in [0.5, 0.6) is 23.0 Å². The highest BCUT2D eigenvalue weighted by Gasteiger charge is 2.43. The van der Waals surface area contributed by atoms with Crippen LogP contribution in [0.3, 0.4) is 0 Å². The summed E-state index contributed by atoms with van der Waals surface area (Å²) in [5, 5.41) is 0. The van der Waals surface area contributed by atoms with Crippen LogP contribution in [-0.2, 0) is 85.8 Å². The lowest BCUT2D eigenvalue weighted by Gasteiger charge is -2.36. The van der Waals surface area contributed by atoms with Gasteiger partial charge in [0, 0.05) is 56.7 Å². The van der Waals surface area contributed by atoms with Crippen LogP contribution in [0.25, 0.3) is 0 Å². The fraction of sp³-hybridized carbons (Fsp3) is 0.387. The van der Waals surface area contributed by atoms with Gasteiger partial charge in [-0.25, -0.2) is 19.2 Å². The summed E-state index contributed by atoms with van der Waals surface area (Å²) >= 11 is 0. The Morgan fingerprint density at radius 1 is 0.284 bits per heavy atom. The maximum atomic E-state index is 13.9. The molecule has 6 saturated carbocycles. The molecule has 0 spiro atoms. The maximum absolute atomic E-state index is 13.9. The molecule has 0 bridgehead atoms. The molecule has 6 aliphatic carbocycles. The first kappa shape index (κ1) is 109. The zero-order valence-corrected chi connectivity index (χ0v) is 83.8. The lowest BCUT2D eigenvalue weighted by atomic mass is 9.76. The summed E-state index contributed by atoms with van der Waals surface area (Å²) in [7, 11) is 0. The van der Waals surface area contributed by atoms with Gasteiger partial charge in [0.15, 0.2) is 11.2 Å². The Labute approximate surface area is 865 Å². The van der Waals surface area contributed by atoms with Crippen molar-refractivity contribution in [2.75, 3.05) is 26.8 Å². The third-order valence-electron chi connectivity index (χ3n) is 28.1. The first-order valence-electron chi connectivity index (χ1n) is 51.3. The fourth-order valence-corrected chi connectivity index (χ4v) is 18.9. The van der Waals surface area contributed by atoms with Crippen molar-refractivity contribution in [3.8, 4) is 95.0 Å². The molecule has 8 aromatic rings. The van der Waals surface area contributed by atoms with Crippen molar-refractivity contribution in [3.63, 3.8) is 0 Å². The Bertz CT molecular complexity index is 6320. The number of carbonyl (C=O) groups is 12. The number of hydrogen-bond acceptors (Lipinski definition) is 24. The Balaban J connectivity index is 0.000000247. The molecular formula is C124H124O24. The van der Waals surface area contributed by atoms with Crippen LogP contribution >= 0.6 is 0 Å². The van der Waals surface area contributed by atoms with Crippen LogP contribution < -0.4 is 18.9 Å². The maximum Gasteiger partial charge on any atom is 0.339 e. The van der Waals surface area contributed by atoms with E-state index in [1.54, 1.807) is 72.8 Å². The summed E-state index contributed by atoms with van der Waals surface area (Å²) in [5.74, 6) is 25.0. The highest BCUT2D eigenvalue weighted by molar-refractivity contribution is 5.91. The Morgan fingerprint density at radius 2 is 0.527 bits per heavy atom. The van der Waals surface area contributed by atoms with Crippen LogP contribution in [-0.4, -0.2) is 110 Å². The zero-order chi connectivity index (χ0) is 105. The number of carbonyl (C=O) groups excluding carboxylic acids is 12. The third kappa shape index (κ3) is 33.1. The van der Waals surface area contributed by atoms with Gasteiger partial charge in [-0.1, -0.05) is 124 Å². The Kier molecular flexibility index (Phi) is 41.1. The number of hydrogen-bond donors (Lipinski definition) is 0. The highest BCUT2D eigenvalue weighted by Crippen LogP contribution is 2.45. The van der Waals surface area contributed by atoms with E-state index in [4.69, 9.17) is 69.7 Å². The van der Waals surface area contributed by atoms with Crippen LogP contribution in [0, 0.1) is 119 Å². The summed E-state index contributed by atoms with van der Waals surface area (Å²) in [5.41, 5.74) is 6.81. The molecule has 764 valence electrons. The predicted molar refractivity (Wildman–Crippen MR) is 552 cm³/mol. The van der Waals surface area contributed by atoms with E-state index < -0.39 is 60.6 Å². The minimum absolute atomic E-state index is 0.123. The molecule has 0 N–H and O–H groups in total. The molecule has 0 atom stereocenters. The first-order valence-corrected chi connectivity index (χ1v) is 51.3. The molecule has 24 heteroatoms.